The smallest absolute Gasteiger partial charge is 0.383 e. The molecule has 0 unspecified atom stereocenters. The number of hydrogen-bond donors (Lipinski definition) is 2. The Morgan fingerprint density at radius 1 is 1.25 bits per heavy atom. The molecule has 3 atom stereocenters. The molecule has 7 nitrogen and oxygen atoms in total. The number of nitrogen functional groups attached to an aromatic ring is 1. The van der Waals surface area contributed by atoms with Crippen LogP contribution in [0, 0.1) is 18.7 Å². The summed E-state index contributed by atoms with van der Waals surface area (Å²) in [6.45, 7) is 3.02. The number of anilines is 2. The number of piperidine rings is 1. The highest BCUT2D eigenvalue weighted by Gasteiger charge is 2.44. The summed E-state index contributed by atoms with van der Waals surface area (Å²) in [5, 5.41) is 2.43. The van der Waals surface area contributed by atoms with Gasteiger partial charge in [0.25, 0.3) is 0 Å². The molecule has 3 rings (SSSR count). The highest BCUT2D eigenvalue weighted by atomic mass is 19.4. The van der Waals surface area contributed by atoms with Gasteiger partial charge in [0.15, 0.2) is 0 Å². The van der Waals surface area contributed by atoms with E-state index < -0.39 is 42.1 Å². The third-order valence-electron chi connectivity index (χ3n) is 5.32. The second kappa shape index (κ2) is 9.11. The molecule has 1 aromatic carbocycles. The molecule has 172 valence electrons. The van der Waals surface area contributed by atoms with Crippen LogP contribution in [0.3, 0.4) is 0 Å². The van der Waals surface area contributed by atoms with Gasteiger partial charge in [0.2, 0.25) is 0 Å². The summed E-state index contributed by atoms with van der Waals surface area (Å²) in [5.74, 6) is -2.89. The Morgan fingerprint density at radius 3 is 2.50 bits per heavy atom. The highest BCUT2D eigenvalue weighted by Crippen LogP contribution is 2.37. The number of nitrogens with zero attached hydrogens (tertiary/aromatic N) is 2. The molecule has 1 aliphatic rings. The van der Waals surface area contributed by atoms with Crippen molar-refractivity contribution in [2.75, 3.05) is 17.6 Å². The largest absolute Gasteiger partial charge is 0.522 e. The summed E-state index contributed by atoms with van der Waals surface area (Å²) in [4.78, 5) is 30.7. The molecule has 2 amide bonds. The first-order chi connectivity index (χ1) is 14.9. The molecule has 0 radical (unpaired) electrons. The topological polar surface area (TPSA) is 97.5 Å². The van der Waals surface area contributed by atoms with Crippen molar-refractivity contribution in [1.82, 2.24) is 9.88 Å². The fraction of sp³-hybridized carbons (Fsp3) is 0.381. The van der Waals surface area contributed by atoms with Crippen LogP contribution in [-0.2, 0) is 14.3 Å². The fourth-order valence-electron chi connectivity index (χ4n) is 3.66. The monoisotopic (exact) mass is 454 g/mol. The number of halogens is 4. The lowest BCUT2D eigenvalue weighted by atomic mass is 9.87. The SMILES string of the molecule is Cc1cc(NC(=O)C(=O)N2C[C@@H](C)[C@@H](OC(F)(F)F)C[C@@H]2c2ccc(F)cc2)cnc1N. The highest BCUT2D eigenvalue weighted by molar-refractivity contribution is 6.39. The lowest BCUT2D eigenvalue weighted by Gasteiger charge is -2.42. The Bertz CT molecular complexity index is 998. The third-order valence-corrected chi connectivity index (χ3v) is 5.32. The Kier molecular flexibility index (Phi) is 6.68. The summed E-state index contributed by atoms with van der Waals surface area (Å²) in [5.41, 5.74) is 6.88. The third kappa shape index (κ3) is 5.52. The van der Waals surface area contributed by atoms with Gasteiger partial charge in [-0.05, 0) is 42.7 Å². The van der Waals surface area contributed by atoms with Crippen LogP contribution in [0.15, 0.2) is 36.5 Å². The Balaban J connectivity index is 1.85. The minimum absolute atomic E-state index is 0.159. The lowest BCUT2D eigenvalue weighted by molar-refractivity contribution is -0.352. The number of carbonyl (C=O) groups excluding carboxylic acids is 2. The zero-order valence-electron chi connectivity index (χ0n) is 17.3. The maximum absolute atomic E-state index is 13.4. The number of benzene rings is 1. The number of alkyl halides is 3. The van der Waals surface area contributed by atoms with Crippen LogP contribution in [0.2, 0.25) is 0 Å². The van der Waals surface area contributed by atoms with Crippen LogP contribution >= 0.6 is 0 Å². The van der Waals surface area contributed by atoms with Gasteiger partial charge >= 0.3 is 18.2 Å². The maximum Gasteiger partial charge on any atom is 0.522 e. The van der Waals surface area contributed by atoms with Gasteiger partial charge in [0.1, 0.15) is 11.6 Å². The molecule has 0 aliphatic carbocycles. The summed E-state index contributed by atoms with van der Waals surface area (Å²) < 4.78 is 56.2. The maximum atomic E-state index is 13.4. The van der Waals surface area contributed by atoms with Crippen molar-refractivity contribution in [3.05, 3.63) is 53.5 Å². The van der Waals surface area contributed by atoms with Crippen molar-refractivity contribution in [1.29, 1.82) is 0 Å². The molecule has 0 saturated carbocycles. The minimum Gasteiger partial charge on any atom is -0.383 e. The number of nitrogens with two attached hydrogens (primary N) is 1. The molecule has 1 fully saturated rings. The van der Waals surface area contributed by atoms with Crippen molar-refractivity contribution in [2.45, 2.75) is 38.8 Å². The van der Waals surface area contributed by atoms with Gasteiger partial charge in [0, 0.05) is 12.5 Å². The average molecular weight is 454 g/mol. The Labute approximate surface area is 181 Å². The van der Waals surface area contributed by atoms with E-state index in [2.05, 4.69) is 15.0 Å². The van der Waals surface area contributed by atoms with E-state index in [1.165, 1.54) is 36.2 Å². The van der Waals surface area contributed by atoms with Gasteiger partial charge < -0.3 is 16.0 Å². The lowest BCUT2D eigenvalue weighted by Crippen LogP contribution is -2.51. The molecular weight excluding hydrogens is 432 g/mol. The Morgan fingerprint density at radius 2 is 1.91 bits per heavy atom. The second-order valence-electron chi connectivity index (χ2n) is 7.72. The molecule has 1 aliphatic heterocycles. The first-order valence-corrected chi connectivity index (χ1v) is 9.78. The van der Waals surface area contributed by atoms with Gasteiger partial charge in [0.05, 0.1) is 24.0 Å². The minimum atomic E-state index is -4.85. The van der Waals surface area contributed by atoms with Crippen molar-refractivity contribution in [3.63, 3.8) is 0 Å². The van der Waals surface area contributed by atoms with Crippen molar-refractivity contribution < 1.29 is 31.9 Å². The number of pyridine rings is 1. The molecule has 32 heavy (non-hydrogen) atoms. The molecule has 1 saturated heterocycles. The van der Waals surface area contributed by atoms with Gasteiger partial charge in [-0.2, -0.15) is 0 Å². The zero-order chi connectivity index (χ0) is 23.6. The Hall–Kier alpha value is -3.21. The van der Waals surface area contributed by atoms with E-state index in [1.807, 2.05) is 0 Å². The predicted molar refractivity (Wildman–Crippen MR) is 108 cm³/mol. The van der Waals surface area contributed by atoms with Crippen LogP contribution in [0.25, 0.3) is 0 Å². The van der Waals surface area contributed by atoms with Gasteiger partial charge in [-0.1, -0.05) is 19.1 Å². The van der Waals surface area contributed by atoms with E-state index in [9.17, 15) is 27.2 Å². The first-order valence-electron chi connectivity index (χ1n) is 9.78. The second-order valence-corrected chi connectivity index (χ2v) is 7.72. The molecule has 0 bridgehead atoms. The van der Waals surface area contributed by atoms with Gasteiger partial charge in [-0.15, -0.1) is 13.2 Å². The van der Waals surface area contributed by atoms with Crippen molar-refractivity contribution in [2.24, 2.45) is 5.92 Å². The first kappa shape index (κ1) is 23.5. The number of carbonyl (C=O) groups is 2. The van der Waals surface area contributed by atoms with E-state index in [4.69, 9.17) is 5.73 Å². The van der Waals surface area contributed by atoms with Crippen LogP contribution in [0.4, 0.5) is 29.1 Å². The van der Waals surface area contributed by atoms with E-state index in [-0.39, 0.29) is 24.5 Å². The van der Waals surface area contributed by atoms with Crippen molar-refractivity contribution >= 4 is 23.3 Å². The van der Waals surface area contributed by atoms with Crippen LogP contribution in [-0.4, -0.2) is 40.7 Å². The molecule has 1 aromatic heterocycles. The van der Waals surface area contributed by atoms with Crippen LogP contribution in [0.1, 0.15) is 30.5 Å². The molecule has 2 heterocycles. The number of rotatable bonds is 3. The number of hydrogen-bond acceptors (Lipinski definition) is 5. The van der Waals surface area contributed by atoms with Gasteiger partial charge in [-0.25, -0.2) is 9.37 Å². The molecule has 3 N–H and O–H groups in total. The van der Waals surface area contributed by atoms with Crippen molar-refractivity contribution in [3.8, 4) is 0 Å². The molecule has 2 aromatic rings. The van der Waals surface area contributed by atoms with Crippen LogP contribution in [0.5, 0.6) is 0 Å². The molecular formula is C21H22F4N4O3. The van der Waals surface area contributed by atoms with Crippen LogP contribution < -0.4 is 11.1 Å². The van der Waals surface area contributed by atoms with E-state index in [0.717, 1.165) is 12.1 Å². The molecule has 11 heteroatoms. The number of nitrogens with one attached hydrogen (secondary N) is 1. The summed E-state index contributed by atoms with van der Waals surface area (Å²) >= 11 is 0. The van der Waals surface area contributed by atoms with E-state index in [0.29, 0.717) is 11.1 Å². The van der Waals surface area contributed by atoms with E-state index >= 15 is 0 Å². The number of amides is 2. The number of aryl methyl sites for hydroxylation is 1. The van der Waals surface area contributed by atoms with E-state index in [1.54, 1.807) is 6.92 Å². The summed E-state index contributed by atoms with van der Waals surface area (Å²) in [6.07, 6.45) is -5.01. The fourth-order valence-corrected chi connectivity index (χ4v) is 3.66. The van der Waals surface area contributed by atoms with Gasteiger partial charge in [-0.3, -0.25) is 14.3 Å². The number of aromatic nitrogens is 1. The number of ether oxygens (including phenoxy) is 1. The average Bonchev–Trinajstić information content (AvgIpc) is 2.71. The molecule has 0 spiro atoms. The zero-order valence-corrected chi connectivity index (χ0v) is 17.3. The standard InChI is InChI=1S/C21H22F4N4O3/c1-11-7-15(9-27-18(11)26)28-19(30)20(31)29-10-12(2)17(32-21(23,24)25)8-16(29)13-3-5-14(22)6-4-13/h3-7,9,12,16-17H,8,10H2,1-2H3,(H2,26,27)(H,28,30)/t12-,16-,17+/m1/s1. The summed E-state index contributed by atoms with van der Waals surface area (Å²) in [7, 11) is 0. The predicted octanol–water partition coefficient (Wildman–Crippen LogP) is 3.56. The normalized spacial score (nSPS) is 21.3. The summed E-state index contributed by atoms with van der Waals surface area (Å²) in [6, 6.07) is 5.63. The number of likely N-dealkylation sites (tertiary alicyclic amines) is 1. The quantitative estimate of drug-likeness (QED) is 0.546.